The molecule has 0 saturated carbocycles. The minimum Gasteiger partial charge on any atom is -0.388 e. The van der Waals surface area contributed by atoms with Crippen molar-refractivity contribution >= 4 is 7.85 Å². The lowest BCUT2D eigenvalue weighted by Gasteiger charge is -2.20. The van der Waals surface area contributed by atoms with Crippen LogP contribution in [0.3, 0.4) is 0 Å². The molecule has 0 bridgehead atoms. The van der Waals surface area contributed by atoms with Crippen LogP contribution in [0.5, 0.6) is 0 Å². The topological polar surface area (TPSA) is 47.9 Å². The van der Waals surface area contributed by atoms with Gasteiger partial charge in [0, 0.05) is 13.1 Å². The van der Waals surface area contributed by atoms with Crippen molar-refractivity contribution in [2.75, 3.05) is 20.3 Å². The van der Waals surface area contributed by atoms with Gasteiger partial charge in [-0.15, -0.1) is 0 Å². The molecule has 13 heavy (non-hydrogen) atoms. The number of ether oxygens (including phenoxy) is 3. The van der Waals surface area contributed by atoms with Gasteiger partial charge in [0.15, 0.2) is 0 Å². The van der Waals surface area contributed by atoms with E-state index in [1.54, 1.807) is 7.11 Å². The highest BCUT2D eigenvalue weighted by molar-refractivity contribution is 6.11. The molecule has 1 heterocycles. The van der Waals surface area contributed by atoms with Gasteiger partial charge < -0.3 is 19.3 Å². The summed E-state index contributed by atoms with van der Waals surface area (Å²) in [6.07, 6.45) is -1.06. The third-order valence-corrected chi connectivity index (χ3v) is 2.09. The fraction of sp³-hybridized carbons (Fsp3) is 1.00. The first-order valence-electron chi connectivity index (χ1n) is 4.34. The Morgan fingerprint density at radius 2 is 2.38 bits per heavy atom. The van der Waals surface area contributed by atoms with Crippen molar-refractivity contribution in [2.24, 2.45) is 0 Å². The van der Waals surface area contributed by atoms with Gasteiger partial charge in [0.05, 0.1) is 19.3 Å². The molecule has 1 saturated heterocycles. The van der Waals surface area contributed by atoms with E-state index in [0.29, 0.717) is 6.61 Å². The Labute approximate surface area is 79.6 Å². The summed E-state index contributed by atoms with van der Waals surface area (Å²) in [7, 11) is 7.16. The summed E-state index contributed by atoms with van der Waals surface area (Å²) >= 11 is 0. The van der Waals surface area contributed by atoms with Crippen LogP contribution in [0.1, 0.15) is 6.92 Å². The second kappa shape index (κ2) is 4.95. The summed E-state index contributed by atoms with van der Waals surface area (Å²) in [5, 5.41) is 9.37. The SMILES string of the molecule is [B]C1OCC(O)C1OCC(C)OC. The van der Waals surface area contributed by atoms with E-state index >= 15 is 0 Å². The molecule has 1 N–H and O–H groups in total. The highest BCUT2D eigenvalue weighted by Crippen LogP contribution is 2.15. The zero-order valence-electron chi connectivity index (χ0n) is 7.97. The molecule has 0 aliphatic carbocycles. The number of aliphatic hydroxyl groups excluding tert-OH is 1. The molecular formula is C8H15BO4. The maximum Gasteiger partial charge on any atom is 0.112 e. The second-order valence-electron chi connectivity index (χ2n) is 3.21. The minimum atomic E-state index is -0.626. The van der Waals surface area contributed by atoms with Crippen LogP contribution in [-0.2, 0) is 14.2 Å². The molecular weight excluding hydrogens is 171 g/mol. The maximum absolute atomic E-state index is 9.37. The van der Waals surface area contributed by atoms with Crippen LogP contribution in [0.25, 0.3) is 0 Å². The molecule has 4 unspecified atom stereocenters. The molecule has 1 aliphatic rings. The molecule has 4 atom stereocenters. The summed E-state index contributed by atoms with van der Waals surface area (Å²) in [4.78, 5) is 0. The van der Waals surface area contributed by atoms with E-state index in [0.717, 1.165) is 0 Å². The lowest BCUT2D eigenvalue weighted by atomic mass is 9.94. The van der Waals surface area contributed by atoms with Crippen LogP contribution >= 0.6 is 0 Å². The van der Waals surface area contributed by atoms with Gasteiger partial charge >= 0.3 is 0 Å². The highest BCUT2D eigenvalue weighted by atomic mass is 16.6. The molecule has 0 spiro atoms. The first-order chi connectivity index (χ1) is 6.15. The Morgan fingerprint density at radius 1 is 1.69 bits per heavy atom. The smallest absolute Gasteiger partial charge is 0.112 e. The molecule has 0 aromatic carbocycles. The van der Waals surface area contributed by atoms with Crippen molar-refractivity contribution in [1.82, 2.24) is 0 Å². The van der Waals surface area contributed by atoms with Crippen molar-refractivity contribution in [2.45, 2.75) is 31.2 Å². The van der Waals surface area contributed by atoms with Gasteiger partial charge in [-0.3, -0.25) is 0 Å². The van der Waals surface area contributed by atoms with Crippen LogP contribution in [0.2, 0.25) is 0 Å². The first kappa shape index (κ1) is 11.0. The zero-order valence-corrected chi connectivity index (χ0v) is 7.97. The van der Waals surface area contributed by atoms with Crippen molar-refractivity contribution in [1.29, 1.82) is 0 Å². The Balaban J connectivity index is 2.27. The third kappa shape index (κ3) is 2.95. The van der Waals surface area contributed by atoms with Crippen LogP contribution in [0.4, 0.5) is 0 Å². The molecule has 2 radical (unpaired) electrons. The normalized spacial score (nSPS) is 36.4. The standard InChI is InChI=1S/C8H15BO4/c1-5(11-2)3-12-7-6(10)4-13-8(7)9/h5-8,10H,3-4H2,1-2H3. The molecule has 0 aromatic rings. The first-order valence-corrected chi connectivity index (χ1v) is 4.34. The maximum atomic E-state index is 9.37. The predicted octanol–water partition coefficient (Wildman–Crippen LogP) is -0.708. The molecule has 4 nitrogen and oxygen atoms in total. The fourth-order valence-electron chi connectivity index (χ4n) is 1.14. The number of hydrogen-bond acceptors (Lipinski definition) is 4. The number of hydrogen-bond donors (Lipinski definition) is 1. The van der Waals surface area contributed by atoms with Crippen LogP contribution in [0.15, 0.2) is 0 Å². The molecule has 1 aliphatic heterocycles. The zero-order chi connectivity index (χ0) is 9.84. The molecule has 1 fully saturated rings. The lowest BCUT2D eigenvalue weighted by molar-refractivity contribution is -0.0578. The molecule has 0 amide bonds. The van der Waals surface area contributed by atoms with Crippen LogP contribution in [0, 0.1) is 0 Å². The predicted molar refractivity (Wildman–Crippen MR) is 47.7 cm³/mol. The van der Waals surface area contributed by atoms with E-state index in [-0.39, 0.29) is 12.7 Å². The van der Waals surface area contributed by atoms with E-state index in [2.05, 4.69) is 0 Å². The molecule has 0 aromatic heterocycles. The largest absolute Gasteiger partial charge is 0.388 e. The third-order valence-electron chi connectivity index (χ3n) is 2.09. The Morgan fingerprint density at radius 3 is 2.85 bits per heavy atom. The summed E-state index contributed by atoms with van der Waals surface area (Å²) in [6.45, 7) is 2.54. The van der Waals surface area contributed by atoms with Gasteiger partial charge in [0.25, 0.3) is 0 Å². The van der Waals surface area contributed by atoms with Gasteiger partial charge in [-0.25, -0.2) is 0 Å². The van der Waals surface area contributed by atoms with Crippen molar-refractivity contribution in [3.05, 3.63) is 0 Å². The number of methoxy groups -OCH3 is 1. The van der Waals surface area contributed by atoms with Gasteiger partial charge in [-0.1, -0.05) is 0 Å². The Kier molecular flexibility index (Phi) is 4.19. The van der Waals surface area contributed by atoms with Crippen molar-refractivity contribution in [3.63, 3.8) is 0 Å². The van der Waals surface area contributed by atoms with Crippen LogP contribution in [-0.4, -0.2) is 57.6 Å². The summed E-state index contributed by atoms with van der Waals surface area (Å²) in [6, 6.07) is -0.529. The summed E-state index contributed by atoms with van der Waals surface area (Å²) in [5.41, 5.74) is 0. The lowest BCUT2D eigenvalue weighted by Crippen LogP contribution is -2.35. The number of aliphatic hydroxyl groups is 1. The van der Waals surface area contributed by atoms with Gasteiger partial charge in [-0.2, -0.15) is 0 Å². The highest BCUT2D eigenvalue weighted by Gasteiger charge is 2.33. The van der Waals surface area contributed by atoms with E-state index in [1.165, 1.54) is 0 Å². The molecule has 74 valence electrons. The average molecular weight is 186 g/mol. The van der Waals surface area contributed by atoms with Crippen molar-refractivity contribution in [3.8, 4) is 0 Å². The quantitative estimate of drug-likeness (QED) is 0.589. The Bertz CT molecular complexity index is 145. The summed E-state index contributed by atoms with van der Waals surface area (Å²) < 4.78 is 15.4. The molecule has 1 rings (SSSR count). The van der Waals surface area contributed by atoms with E-state index in [9.17, 15) is 5.11 Å². The fourth-order valence-corrected chi connectivity index (χ4v) is 1.14. The monoisotopic (exact) mass is 186 g/mol. The van der Waals surface area contributed by atoms with Crippen molar-refractivity contribution < 1.29 is 19.3 Å². The van der Waals surface area contributed by atoms with Gasteiger partial charge in [-0.05, 0) is 6.92 Å². The van der Waals surface area contributed by atoms with Gasteiger partial charge in [0.2, 0.25) is 0 Å². The van der Waals surface area contributed by atoms with E-state index in [4.69, 9.17) is 22.1 Å². The Hall–Kier alpha value is -0.0951. The summed E-state index contributed by atoms with van der Waals surface area (Å²) in [5.74, 6) is 0. The molecule has 5 heteroatoms. The van der Waals surface area contributed by atoms with E-state index < -0.39 is 18.2 Å². The second-order valence-corrected chi connectivity index (χ2v) is 3.21. The van der Waals surface area contributed by atoms with Gasteiger partial charge in [0.1, 0.15) is 20.1 Å². The number of rotatable bonds is 4. The minimum absolute atomic E-state index is 0.000000000000000444. The van der Waals surface area contributed by atoms with Crippen LogP contribution < -0.4 is 0 Å². The van der Waals surface area contributed by atoms with E-state index in [1.807, 2.05) is 6.92 Å². The average Bonchev–Trinajstić information content (AvgIpc) is 2.43.